The van der Waals surface area contributed by atoms with Crippen LogP contribution in [0.4, 0.5) is 0 Å². The second-order valence-corrected chi connectivity index (χ2v) is 5.28. The first-order valence-electron chi connectivity index (χ1n) is 6.40. The summed E-state index contributed by atoms with van der Waals surface area (Å²) in [5, 5.41) is 0. The van der Waals surface area contributed by atoms with Gasteiger partial charge in [-0.05, 0) is 18.3 Å². The third kappa shape index (κ3) is 2.01. The molecule has 1 saturated carbocycles. The molecule has 1 aliphatic carbocycles. The Morgan fingerprint density at radius 1 is 1.56 bits per heavy atom. The summed E-state index contributed by atoms with van der Waals surface area (Å²) in [5.74, 6) is 1.89. The first-order chi connectivity index (χ1) is 7.69. The smallest absolute Gasteiger partial charge is 0.0950 e. The lowest BCUT2D eigenvalue weighted by Gasteiger charge is -2.20. The summed E-state index contributed by atoms with van der Waals surface area (Å²) in [5.41, 5.74) is 7.21. The zero-order valence-corrected chi connectivity index (χ0v) is 10.6. The number of hydrogen-bond donors (Lipinski definition) is 1. The SMILES string of the molecule is CCC1CC1n1cncc1C(CN)C(C)C. The van der Waals surface area contributed by atoms with Crippen LogP contribution in [0, 0.1) is 11.8 Å². The summed E-state index contributed by atoms with van der Waals surface area (Å²) in [7, 11) is 0. The lowest BCUT2D eigenvalue weighted by Crippen LogP contribution is -2.20. The second-order valence-electron chi connectivity index (χ2n) is 5.28. The van der Waals surface area contributed by atoms with E-state index in [0.29, 0.717) is 24.4 Å². The van der Waals surface area contributed by atoms with Crippen LogP contribution in [-0.2, 0) is 0 Å². The van der Waals surface area contributed by atoms with Crippen LogP contribution in [0.3, 0.4) is 0 Å². The molecule has 1 aliphatic rings. The Kier molecular flexibility index (Phi) is 3.33. The summed E-state index contributed by atoms with van der Waals surface area (Å²) in [6.07, 6.45) is 6.58. The maximum Gasteiger partial charge on any atom is 0.0950 e. The predicted molar refractivity (Wildman–Crippen MR) is 66.3 cm³/mol. The molecule has 3 unspecified atom stereocenters. The molecule has 3 atom stereocenters. The molecule has 3 heteroatoms. The topological polar surface area (TPSA) is 43.8 Å². The van der Waals surface area contributed by atoms with E-state index >= 15 is 0 Å². The molecule has 3 nitrogen and oxygen atoms in total. The van der Waals surface area contributed by atoms with Gasteiger partial charge in [-0.3, -0.25) is 0 Å². The van der Waals surface area contributed by atoms with E-state index < -0.39 is 0 Å². The molecule has 0 radical (unpaired) electrons. The Hall–Kier alpha value is -0.830. The van der Waals surface area contributed by atoms with Crippen molar-refractivity contribution in [3.05, 3.63) is 18.2 Å². The molecule has 1 fully saturated rings. The molecule has 0 spiro atoms. The van der Waals surface area contributed by atoms with Gasteiger partial charge in [-0.25, -0.2) is 4.98 Å². The van der Waals surface area contributed by atoms with Gasteiger partial charge in [-0.2, -0.15) is 0 Å². The molecule has 0 amide bonds. The molecule has 0 bridgehead atoms. The van der Waals surface area contributed by atoms with Crippen molar-refractivity contribution in [2.75, 3.05) is 6.54 Å². The van der Waals surface area contributed by atoms with E-state index in [1.54, 1.807) is 0 Å². The van der Waals surface area contributed by atoms with E-state index in [2.05, 4.69) is 30.3 Å². The van der Waals surface area contributed by atoms with Gasteiger partial charge in [0.25, 0.3) is 0 Å². The van der Waals surface area contributed by atoms with E-state index in [1.807, 2.05) is 12.5 Å². The molecule has 1 heterocycles. The highest BCUT2D eigenvalue weighted by molar-refractivity contribution is 5.12. The predicted octanol–water partition coefficient (Wildman–Crippen LogP) is 2.55. The molecule has 90 valence electrons. The monoisotopic (exact) mass is 221 g/mol. The molecule has 1 aromatic rings. The minimum atomic E-state index is 0.445. The highest BCUT2D eigenvalue weighted by atomic mass is 15.1. The summed E-state index contributed by atoms with van der Waals surface area (Å²) >= 11 is 0. The van der Waals surface area contributed by atoms with Gasteiger partial charge in [-0.1, -0.05) is 27.2 Å². The molecule has 2 rings (SSSR count). The van der Waals surface area contributed by atoms with Crippen LogP contribution in [0.2, 0.25) is 0 Å². The van der Waals surface area contributed by atoms with Crippen molar-refractivity contribution in [2.24, 2.45) is 17.6 Å². The van der Waals surface area contributed by atoms with Crippen LogP contribution in [-0.4, -0.2) is 16.1 Å². The first kappa shape index (κ1) is 11.6. The van der Waals surface area contributed by atoms with Gasteiger partial charge in [0.2, 0.25) is 0 Å². The number of hydrogen-bond acceptors (Lipinski definition) is 2. The van der Waals surface area contributed by atoms with Crippen molar-refractivity contribution in [1.82, 2.24) is 9.55 Å². The fourth-order valence-electron chi connectivity index (χ4n) is 2.62. The summed E-state index contributed by atoms with van der Waals surface area (Å²) in [6, 6.07) is 0.690. The summed E-state index contributed by atoms with van der Waals surface area (Å²) in [4.78, 5) is 4.31. The normalized spacial score (nSPS) is 26.1. The standard InChI is InChI=1S/C13H23N3/c1-4-10-5-12(10)16-8-15-7-13(16)11(6-14)9(2)3/h7-12H,4-6,14H2,1-3H3. The van der Waals surface area contributed by atoms with Crippen molar-refractivity contribution in [3.8, 4) is 0 Å². The zero-order chi connectivity index (χ0) is 11.7. The Balaban J connectivity index is 2.19. The van der Waals surface area contributed by atoms with Crippen molar-refractivity contribution in [2.45, 2.75) is 45.6 Å². The molecule has 2 N–H and O–H groups in total. The molecule has 0 aromatic carbocycles. The minimum absolute atomic E-state index is 0.445. The zero-order valence-electron chi connectivity index (χ0n) is 10.6. The quantitative estimate of drug-likeness (QED) is 0.830. The first-order valence-corrected chi connectivity index (χ1v) is 6.40. The number of imidazole rings is 1. The third-order valence-corrected chi connectivity index (χ3v) is 3.90. The summed E-state index contributed by atoms with van der Waals surface area (Å²) < 4.78 is 2.37. The second kappa shape index (κ2) is 4.58. The molecule has 0 aliphatic heterocycles. The Morgan fingerprint density at radius 2 is 2.31 bits per heavy atom. The highest BCUT2D eigenvalue weighted by Gasteiger charge is 2.38. The average molecular weight is 221 g/mol. The van der Waals surface area contributed by atoms with E-state index in [-0.39, 0.29) is 0 Å². The van der Waals surface area contributed by atoms with Crippen LogP contribution in [0.1, 0.15) is 51.3 Å². The molecule has 16 heavy (non-hydrogen) atoms. The molecular formula is C13H23N3. The lowest BCUT2D eigenvalue weighted by atomic mass is 9.93. The van der Waals surface area contributed by atoms with Gasteiger partial charge in [-0.15, -0.1) is 0 Å². The van der Waals surface area contributed by atoms with Crippen LogP contribution in [0.15, 0.2) is 12.5 Å². The van der Waals surface area contributed by atoms with Crippen molar-refractivity contribution < 1.29 is 0 Å². The van der Waals surface area contributed by atoms with E-state index in [1.165, 1.54) is 18.5 Å². The average Bonchev–Trinajstić information content (AvgIpc) is 2.90. The van der Waals surface area contributed by atoms with Crippen LogP contribution in [0.25, 0.3) is 0 Å². The van der Waals surface area contributed by atoms with E-state index in [0.717, 1.165) is 5.92 Å². The van der Waals surface area contributed by atoms with Crippen LogP contribution < -0.4 is 5.73 Å². The van der Waals surface area contributed by atoms with Gasteiger partial charge in [0.1, 0.15) is 0 Å². The number of nitrogens with zero attached hydrogens (tertiary/aromatic N) is 2. The minimum Gasteiger partial charge on any atom is -0.331 e. The van der Waals surface area contributed by atoms with Crippen LogP contribution >= 0.6 is 0 Å². The van der Waals surface area contributed by atoms with Gasteiger partial charge in [0.05, 0.1) is 6.33 Å². The van der Waals surface area contributed by atoms with E-state index in [4.69, 9.17) is 5.73 Å². The largest absolute Gasteiger partial charge is 0.331 e. The fraction of sp³-hybridized carbons (Fsp3) is 0.769. The molecule has 1 aromatic heterocycles. The van der Waals surface area contributed by atoms with Gasteiger partial charge in [0, 0.05) is 30.4 Å². The van der Waals surface area contributed by atoms with Gasteiger partial charge >= 0.3 is 0 Å². The third-order valence-electron chi connectivity index (χ3n) is 3.90. The summed E-state index contributed by atoms with van der Waals surface area (Å²) in [6.45, 7) is 7.45. The lowest BCUT2D eigenvalue weighted by molar-refractivity contribution is 0.467. The maximum atomic E-state index is 5.88. The fourth-order valence-corrected chi connectivity index (χ4v) is 2.62. The number of nitrogens with two attached hydrogens (primary N) is 1. The van der Waals surface area contributed by atoms with Gasteiger partial charge in [0.15, 0.2) is 0 Å². The van der Waals surface area contributed by atoms with E-state index in [9.17, 15) is 0 Å². The highest BCUT2D eigenvalue weighted by Crippen LogP contribution is 2.47. The number of rotatable bonds is 5. The maximum absolute atomic E-state index is 5.88. The Bertz CT molecular complexity index is 343. The van der Waals surface area contributed by atoms with Crippen molar-refractivity contribution in [1.29, 1.82) is 0 Å². The molecule has 0 saturated heterocycles. The van der Waals surface area contributed by atoms with Gasteiger partial charge < -0.3 is 10.3 Å². The Labute approximate surface area is 98.1 Å². The van der Waals surface area contributed by atoms with Crippen LogP contribution in [0.5, 0.6) is 0 Å². The van der Waals surface area contributed by atoms with Crippen molar-refractivity contribution in [3.63, 3.8) is 0 Å². The molecular weight excluding hydrogens is 198 g/mol. The van der Waals surface area contributed by atoms with Crippen molar-refractivity contribution >= 4 is 0 Å². The Morgan fingerprint density at radius 3 is 2.81 bits per heavy atom. The number of aromatic nitrogens is 2.